The third-order valence-electron chi connectivity index (χ3n) is 5.87. The van der Waals surface area contributed by atoms with E-state index in [9.17, 15) is 13.2 Å². The molecule has 0 radical (unpaired) electrons. The number of hydrogen-bond donors (Lipinski definition) is 0. The van der Waals surface area contributed by atoms with E-state index in [1.165, 1.54) is 9.71 Å². The molecule has 1 aliphatic rings. The molecule has 1 aromatic carbocycles. The Balaban J connectivity index is 1.95. The lowest BCUT2D eigenvalue weighted by Gasteiger charge is -2.34. The van der Waals surface area contributed by atoms with Gasteiger partial charge >= 0.3 is 0 Å². The highest BCUT2D eigenvalue weighted by atomic mass is 32.2. The Morgan fingerprint density at radius 2 is 1.71 bits per heavy atom. The largest absolute Gasteiger partial charge is 0.341 e. The van der Waals surface area contributed by atoms with Gasteiger partial charge in [-0.15, -0.1) is 0 Å². The molecule has 0 spiro atoms. The second-order valence-electron chi connectivity index (χ2n) is 8.64. The van der Waals surface area contributed by atoms with Crippen LogP contribution in [0.5, 0.6) is 0 Å². The highest BCUT2D eigenvalue weighted by molar-refractivity contribution is 7.92. The first-order chi connectivity index (χ1) is 14.8. The third-order valence-corrected chi connectivity index (χ3v) is 7.44. The van der Waals surface area contributed by atoms with Crippen LogP contribution < -0.4 is 0 Å². The molecule has 174 valence electrons. The number of sulfonamides is 1. The van der Waals surface area contributed by atoms with Crippen LogP contribution in [0, 0.1) is 11.8 Å². The number of likely N-dealkylation sites (N-methyl/N-ethyl adjacent to an activating group) is 1. The summed E-state index contributed by atoms with van der Waals surface area (Å²) >= 11 is 0. The van der Waals surface area contributed by atoms with Gasteiger partial charge in [0.2, 0.25) is 15.9 Å². The van der Waals surface area contributed by atoms with Crippen LogP contribution in [0.1, 0.15) is 46.1 Å². The summed E-state index contributed by atoms with van der Waals surface area (Å²) in [6.07, 6.45) is 2.79. The van der Waals surface area contributed by atoms with Crippen molar-refractivity contribution in [1.82, 2.24) is 14.1 Å². The summed E-state index contributed by atoms with van der Waals surface area (Å²) in [5.74, 6) is 0.488. The maximum atomic E-state index is 13.2. The lowest BCUT2D eigenvalue weighted by atomic mass is 9.96. The second-order valence-corrected chi connectivity index (χ2v) is 10.5. The lowest BCUT2D eigenvalue weighted by Crippen LogP contribution is -2.47. The Morgan fingerprint density at radius 1 is 1.10 bits per heavy atom. The molecule has 0 aromatic heterocycles. The summed E-state index contributed by atoms with van der Waals surface area (Å²) in [5, 5.41) is 1.28. The molecule has 1 aromatic rings. The van der Waals surface area contributed by atoms with Crippen molar-refractivity contribution >= 4 is 22.0 Å². The SMILES string of the molecule is CCN(CC)CCN(CC(C)C)C(=O)C1CCN(S(=O)(=O)/C=C/c2ccccc2)CC1. The van der Waals surface area contributed by atoms with Crippen LogP contribution in [-0.4, -0.2) is 74.2 Å². The average molecular weight is 450 g/mol. The maximum absolute atomic E-state index is 13.2. The fourth-order valence-corrected chi connectivity index (χ4v) is 5.19. The van der Waals surface area contributed by atoms with E-state index in [0.29, 0.717) is 31.8 Å². The minimum Gasteiger partial charge on any atom is -0.341 e. The zero-order valence-electron chi connectivity index (χ0n) is 19.5. The number of piperidine rings is 1. The van der Waals surface area contributed by atoms with Gasteiger partial charge in [0.15, 0.2) is 0 Å². The highest BCUT2D eigenvalue weighted by Gasteiger charge is 2.32. The first-order valence-electron chi connectivity index (χ1n) is 11.5. The topological polar surface area (TPSA) is 60.9 Å². The summed E-state index contributed by atoms with van der Waals surface area (Å²) in [7, 11) is -3.48. The summed E-state index contributed by atoms with van der Waals surface area (Å²) in [6.45, 7) is 13.6. The van der Waals surface area contributed by atoms with Gasteiger partial charge in [-0.25, -0.2) is 8.42 Å². The van der Waals surface area contributed by atoms with E-state index in [0.717, 1.165) is 38.3 Å². The summed E-state index contributed by atoms with van der Waals surface area (Å²) in [6, 6.07) is 9.41. The fourth-order valence-electron chi connectivity index (χ4n) is 3.96. The zero-order chi connectivity index (χ0) is 22.9. The monoisotopic (exact) mass is 449 g/mol. The zero-order valence-corrected chi connectivity index (χ0v) is 20.4. The number of benzene rings is 1. The molecule has 1 saturated heterocycles. The maximum Gasteiger partial charge on any atom is 0.236 e. The quantitative estimate of drug-likeness (QED) is 0.519. The fraction of sp³-hybridized carbons (Fsp3) is 0.625. The number of carbonyl (C=O) groups is 1. The van der Waals surface area contributed by atoms with Crippen LogP contribution in [0.3, 0.4) is 0 Å². The smallest absolute Gasteiger partial charge is 0.236 e. The molecular weight excluding hydrogens is 410 g/mol. The van der Waals surface area contributed by atoms with Gasteiger partial charge in [0.1, 0.15) is 0 Å². The normalized spacial score (nSPS) is 16.5. The van der Waals surface area contributed by atoms with E-state index in [1.54, 1.807) is 6.08 Å². The van der Waals surface area contributed by atoms with E-state index in [4.69, 9.17) is 0 Å². The molecule has 1 heterocycles. The lowest BCUT2D eigenvalue weighted by molar-refractivity contribution is -0.137. The van der Waals surface area contributed by atoms with E-state index >= 15 is 0 Å². The molecule has 6 nitrogen and oxygen atoms in total. The Morgan fingerprint density at radius 3 is 2.26 bits per heavy atom. The molecule has 0 aliphatic carbocycles. The molecule has 1 aliphatic heterocycles. The first kappa shape index (κ1) is 25.6. The average Bonchev–Trinajstić information content (AvgIpc) is 2.77. The minimum atomic E-state index is -3.48. The number of rotatable bonds is 11. The van der Waals surface area contributed by atoms with E-state index in [1.807, 2.05) is 35.2 Å². The van der Waals surface area contributed by atoms with Crippen LogP contribution in [0.15, 0.2) is 35.7 Å². The van der Waals surface area contributed by atoms with Crippen LogP contribution >= 0.6 is 0 Å². The van der Waals surface area contributed by atoms with Crippen molar-refractivity contribution in [2.45, 2.75) is 40.5 Å². The second kappa shape index (κ2) is 12.4. The van der Waals surface area contributed by atoms with Gasteiger partial charge < -0.3 is 9.80 Å². The third kappa shape index (κ3) is 8.05. The Bertz CT molecular complexity index is 797. The summed E-state index contributed by atoms with van der Waals surface area (Å²) in [4.78, 5) is 17.5. The van der Waals surface area contributed by atoms with Crippen molar-refractivity contribution in [3.63, 3.8) is 0 Å². The number of nitrogens with zero attached hydrogens (tertiary/aromatic N) is 3. The van der Waals surface area contributed by atoms with Gasteiger partial charge in [-0.3, -0.25) is 4.79 Å². The van der Waals surface area contributed by atoms with Crippen LogP contribution in [0.4, 0.5) is 0 Å². The van der Waals surface area contributed by atoms with Crippen LogP contribution in [-0.2, 0) is 14.8 Å². The molecular formula is C24H39N3O3S. The highest BCUT2D eigenvalue weighted by Crippen LogP contribution is 2.23. The molecule has 0 unspecified atom stereocenters. The Kier molecular flexibility index (Phi) is 10.2. The van der Waals surface area contributed by atoms with E-state index < -0.39 is 10.0 Å². The van der Waals surface area contributed by atoms with Crippen molar-refractivity contribution < 1.29 is 13.2 Å². The molecule has 31 heavy (non-hydrogen) atoms. The number of hydrogen-bond acceptors (Lipinski definition) is 4. The van der Waals surface area contributed by atoms with Gasteiger partial charge in [-0.05, 0) is 43.5 Å². The minimum absolute atomic E-state index is 0.0972. The number of amides is 1. The molecule has 7 heteroatoms. The Labute approximate surface area is 189 Å². The van der Waals surface area contributed by atoms with Gasteiger partial charge in [0.05, 0.1) is 0 Å². The van der Waals surface area contributed by atoms with Gasteiger partial charge in [-0.2, -0.15) is 4.31 Å². The van der Waals surface area contributed by atoms with Crippen LogP contribution in [0.25, 0.3) is 6.08 Å². The molecule has 0 atom stereocenters. The van der Waals surface area contributed by atoms with Crippen molar-refractivity contribution in [3.8, 4) is 0 Å². The van der Waals surface area contributed by atoms with Crippen LogP contribution in [0.2, 0.25) is 0 Å². The first-order valence-corrected chi connectivity index (χ1v) is 13.0. The van der Waals surface area contributed by atoms with E-state index in [-0.39, 0.29) is 11.8 Å². The number of carbonyl (C=O) groups excluding carboxylic acids is 1. The standard InChI is InChI=1S/C24H39N3O3S/c1-5-25(6-2)17-18-26(20-21(3)4)24(28)23-12-15-27(16-13-23)31(29,30)19-14-22-10-8-7-9-11-22/h7-11,14,19,21,23H,5-6,12-13,15-18,20H2,1-4H3/b19-14+. The molecule has 1 fully saturated rings. The molecule has 0 bridgehead atoms. The van der Waals surface area contributed by atoms with Crippen molar-refractivity contribution in [2.24, 2.45) is 11.8 Å². The molecule has 2 rings (SSSR count). The van der Waals surface area contributed by atoms with Crippen molar-refractivity contribution in [2.75, 3.05) is 45.8 Å². The predicted octanol–water partition coefficient (Wildman–Crippen LogP) is 3.53. The predicted molar refractivity (Wildman–Crippen MR) is 128 cm³/mol. The van der Waals surface area contributed by atoms with Gasteiger partial charge in [0, 0.05) is 44.0 Å². The van der Waals surface area contributed by atoms with Gasteiger partial charge in [0.25, 0.3) is 0 Å². The van der Waals surface area contributed by atoms with Gasteiger partial charge in [-0.1, -0.05) is 58.0 Å². The molecule has 0 saturated carbocycles. The molecule has 1 amide bonds. The van der Waals surface area contributed by atoms with Crippen molar-refractivity contribution in [1.29, 1.82) is 0 Å². The Hall–Kier alpha value is -1.70. The summed E-state index contributed by atoms with van der Waals surface area (Å²) in [5.41, 5.74) is 0.855. The molecule has 0 N–H and O–H groups in total. The summed E-state index contributed by atoms with van der Waals surface area (Å²) < 4.78 is 26.9. The van der Waals surface area contributed by atoms with Crippen molar-refractivity contribution in [3.05, 3.63) is 41.3 Å². The van der Waals surface area contributed by atoms with E-state index in [2.05, 4.69) is 32.6 Å².